The van der Waals surface area contributed by atoms with Gasteiger partial charge >= 0.3 is 5.97 Å². The lowest BCUT2D eigenvalue weighted by Gasteiger charge is -2.17. The van der Waals surface area contributed by atoms with Gasteiger partial charge in [0.2, 0.25) is 5.91 Å². The summed E-state index contributed by atoms with van der Waals surface area (Å²) in [6.07, 6.45) is 0. The molecule has 1 fully saturated rings. The van der Waals surface area contributed by atoms with Crippen LogP contribution in [0.2, 0.25) is 0 Å². The molecule has 1 N–H and O–H groups in total. The number of aromatic nitrogens is 1. The van der Waals surface area contributed by atoms with E-state index < -0.39 is 38.9 Å². The van der Waals surface area contributed by atoms with Crippen LogP contribution in [0.3, 0.4) is 0 Å². The van der Waals surface area contributed by atoms with Gasteiger partial charge in [-0.05, 0) is 49.7 Å². The van der Waals surface area contributed by atoms with Crippen LogP contribution in [0.5, 0.6) is 0 Å². The largest absolute Gasteiger partial charge is 0.462 e. The molecule has 2 aromatic rings. The maximum atomic E-state index is 13.3. The minimum absolute atomic E-state index is 0.169. The van der Waals surface area contributed by atoms with E-state index in [0.717, 1.165) is 0 Å². The van der Waals surface area contributed by atoms with E-state index in [1.54, 1.807) is 36.6 Å². The average Bonchev–Trinajstić information content (AvgIpc) is 3.11. The van der Waals surface area contributed by atoms with Gasteiger partial charge in [-0.3, -0.25) is 4.79 Å². The summed E-state index contributed by atoms with van der Waals surface area (Å²) >= 11 is 6.07. The number of nitrogens with one attached hydrogen (secondary N) is 1. The van der Waals surface area contributed by atoms with E-state index in [9.17, 15) is 22.4 Å². The maximum absolute atomic E-state index is 13.3. The highest BCUT2D eigenvalue weighted by molar-refractivity contribution is 7.91. The third kappa shape index (κ3) is 4.84. The monoisotopic (exact) mass is 456 g/mol. The van der Waals surface area contributed by atoms with Crippen molar-refractivity contribution in [3.8, 4) is 11.3 Å². The van der Waals surface area contributed by atoms with E-state index in [-0.39, 0.29) is 24.7 Å². The van der Waals surface area contributed by atoms with Crippen LogP contribution in [0, 0.1) is 12.7 Å². The molecule has 10 heteroatoms. The predicted molar refractivity (Wildman–Crippen MR) is 111 cm³/mol. The predicted octanol–water partition coefficient (Wildman–Crippen LogP) is 2.30. The molecule has 0 unspecified atom stereocenters. The van der Waals surface area contributed by atoms with Crippen LogP contribution in [0.1, 0.15) is 23.0 Å². The number of esters is 1. The molecule has 0 radical (unpaired) electrons. The molecule has 1 aromatic carbocycles. The topological polar surface area (TPSA) is 94.5 Å². The van der Waals surface area contributed by atoms with Gasteiger partial charge in [0.05, 0.1) is 35.1 Å². The number of alkyl halides is 1. The molecule has 162 valence electrons. The first-order chi connectivity index (χ1) is 14.1. The number of benzene rings is 1. The van der Waals surface area contributed by atoms with Crippen LogP contribution in [0.25, 0.3) is 11.3 Å². The number of rotatable bonds is 6. The fourth-order valence-electron chi connectivity index (χ4n) is 3.46. The highest BCUT2D eigenvalue weighted by Gasteiger charge is 2.37. The van der Waals surface area contributed by atoms with Crippen molar-refractivity contribution in [2.45, 2.75) is 31.8 Å². The number of sulfone groups is 1. The molecule has 1 saturated heterocycles. The molecule has 3 rings (SSSR count). The standard InChI is InChI=1S/C20H22ClFN2O5S/c1-3-29-20(26)15-8-18(13-4-6-14(22)7-5-13)24(12(15)2)9-19(25)23-17-11-30(27,28)10-16(17)21/h4-8,16-17H,3,9-11H2,1-2H3,(H,23,25)/t16-,17-/m1/s1. The van der Waals surface area contributed by atoms with Crippen molar-refractivity contribution in [3.05, 3.63) is 47.4 Å². The Hall–Kier alpha value is -2.39. The molecular weight excluding hydrogens is 435 g/mol. The Morgan fingerprint density at radius 2 is 1.93 bits per heavy atom. The molecule has 0 bridgehead atoms. The van der Waals surface area contributed by atoms with Crippen molar-refractivity contribution in [1.82, 2.24) is 9.88 Å². The zero-order chi connectivity index (χ0) is 22.1. The summed E-state index contributed by atoms with van der Waals surface area (Å²) in [5.74, 6) is -1.78. The van der Waals surface area contributed by atoms with Gasteiger partial charge in [0.25, 0.3) is 0 Å². The van der Waals surface area contributed by atoms with E-state index in [2.05, 4.69) is 5.32 Å². The maximum Gasteiger partial charge on any atom is 0.339 e. The SMILES string of the molecule is CCOC(=O)c1cc(-c2ccc(F)cc2)n(CC(=O)N[C@@H]2CS(=O)(=O)C[C@H]2Cl)c1C. The van der Waals surface area contributed by atoms with Crippen LogP contribution in [0.15, 0.2) is 30.3 Å². The Labute approximate surface area is 179 Å². The zero-order valence-corrected chi connectivity index (χ0v) is 18.1. The van der Waals surface area contributed by atoms with Crippen LogP contribution in [-0.4, -0.2) is 54.4 Å². The summed E-state index contributed by atoms with van der Waals surface area (Å²) in [5.41, 5.74) is 1.95. The first kappa shape index (κ1) is 22.3. The molecule has 30 heavy (non-hydrogen) atoms. The first-order valence-electron chi connectivity index (χ1n) is 9.38. The zero-order valence-electron chi connectivity index (χ0n) is 16.5. The van der Waals surface area contributed by atoms with Gasteiger partial charge in [-0.2, -0.15) is 0 Å². The summed E-state index contributed by atoms with van der Waals surface area (Å²) in [5, 5.41) is 1.97. The number of carbonyl (C=O) groups is 2. The van der Waals surface area contributed by atoms with E-state index in [1.165, 1.54) is 12.1 Å². The number of hydrogen-bond acceptors (Lipinski definition) is 5. The molecule has 2 heterocycles. The summed E-state index contributed by atoms with van der Waals surface area (Å²) in [4.78, 5) is 25.0. The third-order valence-electron chi connectivity index (χ3n) is 4.93. The van der Waals surface area contributed by atoms with Crippen LogP contribution >= 0.6 is 11.6 Å². The Kier molecular flexibility index (Phi) is 6.52. The van der Waals surface area contributed by atoms with Gasteiger partial charge in [-0.1, -0.05) is 0 Å². The van der Waals surface area contributed by atoms with Crippen LogP contribution in [0.4, 0.5) is 4.39 Å². The summed E-state index contributed by atoms with van der Waals surface area (Å²) < 4.78 is 43.5. The number of halogens is 2. The van der Waals surface area contributed by atoms with Crippen LogP contribution < -0.4 is 5.32 Å². The van der Waals surface area contributed by atoms with E-state index >= 15 is 0 Å². The van der Waals surface area contributed by atoms with Gasteiger partial charge in [0.1, 0.15) is 12.4 Å². The molecule has 7 nitrogen and oxygen atoms in total. The average molecular weight is 457 g/mol. The second kappa shape index (κ2) is 8.77. The molecular formula is C20H22ClFN2O5S. The van der Waals surface area contributed by atoms with Crippen molar-refractivity contribution in [2.24, 2.45) is 0 Å². The second-order valence-corrected chi connectivity index (χ2v) is 9.82. The fraction of sp³-hybridized carbons (Fsp3) is 0.400. The lowest BCUT2D eigenvalue weighted by atomic mass is 10.1. The molecule has 1 aliphatic heterocycles. The van der Waals surface area contributed by atoms with Gasteiger partial charge < -0.3 is 14.6 Å². The number of amides is 1. The van der Waals surface area contributed by atoms with Gasteiger partial charge in [0.15, 0.2) is 9.84 Å². The normalized spacial score (nSPS) is 20.1. The Bertz CT molecular complexity index is 1070. The smallest absolute Gasteiger partial charge is 0.339 e. The van der Waals surface area contributed by atoms with Crippen molar-refractivity contribution < 1.29 is 27.1 Å². The second-order valence-electron chi connectivity index (χ2n) is 7.11. The molecule has 1 aliphatic rings. The highest BCUT2D eigenvalue weighted by atomic mass is 35.5. The number of carbonyl (C=O) groups excluding carboxylic acids is 2. The molecule has 0 aliphatic carbocycles. The number of nitrogens with zero attached hydrogens (tertiary/aromatic N) is 1. The number of ether oxygens (including phenoxy) is 1. The van der Waals surface area contributed by atoms with Gasteiger partial charge in [-0.15, -0.1) is 11.6 Å². The van der Waals surface area contributed by atoms with Crippen LogP contribution in [-0.2, 0) is 25.9 Å². The summed E-state index contributed by atoms with van der Waals surface area (Å²) in [6, 6.07) is 6.58. The molecule has 0 spiro atoms. The quantitative estimate of drug-likeness (QED) is 0.531. The first-order valence-corrected chi connectivity index (χ1v) is 11.6. The Morgan fingerprint density at radius 3 is 2.50 bits per heavy atom. The van der Waals surface area contributed by atoms with Crippen molar-refractivity contribution >= 4 is 33.3 Å². The summed E-state index contributed by atoms with van der Waals surface area (Å²) in [6.45, 7) is 3.40. The summed E-state index contributed by atoms with van der Waals surface area (Å²) in [7, 11) is -3.29. The molecule has 1 aromatic heterocycles. The lowest BCUT2D eigenvalue weighted by Crippen LogP contribution is -2.42. The minimum Gasteiger partial charge on any atom is -0.462 e. The Balaban J connectivity index is 1.91. The van der Waals surface area contributed by atoms with E-state index in [0.29, 0.717) is 22.5 Å². The van der Waals surface area contributed by atoms with E-state index in [4.69, 9.17) is 16.3 Å². The van der Waals surface area contributed by atoms with Crippen molar-refractivity contribution in [3.63, 3.8) is 0 Å². The highest BCUT2D eigenvalue weighted by Crippen LogP contribution is 2.27. The third-order valence-corrected chi connectivity index (χ3v) is 7.31. The molecule has 0 saturated carbocycles. The van der Waals surface area contributed by atoms with Crippen molar-refractivity contribution in [1.29, 1.82) is 0 Å². The molecule has 1 amide bonds. The fourth-order valence-corrected chi connectivity index (χ4v) is 6.01. The van der Waals surface area contributed by atoms with Crippen molar-refractivity contribution in [2.75, 3.05) is 18.1 Å². The van der Waals surface area contributed by atoms with Gasteiger partial charge in [0, 0.05) is 11.4 Å². The Morgan fingerprint density at radius 1 is 1.27 bits per heavy atom. The lowest BCUT2D eigenvalue weighted by molar-refractivity contribution is -0.122. The molecule has 2 atom stereocenters. The van der Waals surface area contributed by atoms with Gasteiger partial charge in [-0.25, -0.2) is 17.6 Å². The minimum atomic E-state index is -3.29. The number of hydrogen-bond donors (Lipinski definition) is 1. The van der Waals surface area contributed by atoms with E-state index in [1.807, 2.05) is 0 Å².